The van der Waals surface area contributed by atoms with Gasteiger partial charge in [0, 0.05) is 31.9 Å². The fourth-order valence-electron chi connectivity index (χ4n) is 2.77. The van der Waals surface area contributed by atoms with E-state index in [0.29, 0.717) is 5.56 Å². The van der Waals surface area contributed by atoms with E-state index in [1.807, 2.05) is 0 Å². The van der Waals surface area contributed by atoms with Crippen molar-refractivity contribution in [3.8, 4) is 0 Å². The Balaban J connectivity index is 2.13. The molecule has 8 heteroatoms. The third-order valence-electron chi connectivity index (χ3n) is 3.77. The van der Waals surface area contributed by atoms with Gasteiger partial charge >= 0.3 is 6.18 Å². The first kappa shape index (κ1) is 17.2. The molecule has 126 valence electrons. The van der Waals surface area contributed by atoms with Crippen molar-refractivity contribution in [1.29, 1.82) is 0 Å². The first-order valence-electron chi connectivity index (χ1n) is 7.29. The second kappa shape index (κ2) is 6.97. The number of carbonyl (C=O) groups excluding carboxylic acids is 2. The zero-order valence-electron chi connectivity index (χ0n) is 12.6. The van der Waals surface area contributed by atoms with Gasteiger partial charge < -0.3 is 10.2 Å². The van der Waals surface area contributed by atoms with Gasteiger partial charge in [-0.1, -0.05) is 6.07 Å². The highest BCUT2D eigenvalue weighted by molar-refractivity contribution is 5.79. The lowest BCUT2D eigenvalue weighted by Crippen LogP contribution is -2.58. The fraction of sp³-hybridized carbons (Fsp3) is 0.533. The standard InChI is InChI=1S/C15H18F3N3O2/c1-10(22)20-12-4-5-13(15(16,17)18)21(9-12)14(23)7-11-3-2-6-19-8-11/h2-3,6,8,12-13H,4-5,7,9H2,1H3,(H,20,22)/t12-,13+/m1/s1. The van der Waals surface area contributed by atoms with Crippen LogP contribution in [0.4, 0.5) is 13.2 Å². The van der Waals surface area contributed by atoms with E-state index in [1.165, 1.54) is 19.3 Å². The summed E-state index contributed by atoms with van der Waals surface area (Å²) in [5.74, 6) is -0.935. The normalized spacial score (nSPS) is 21.8. The Morgan fingerprint density at radius 1 is 1.39 bits per heavy atom. The summed E-state index contributed by atoms with van der Waals surface area (Å²) in [6.07, 6.45) is -1.66. The van der Waals surface area contributed by atoms with E-state index in [2.05, 4.69) is 10.3 Å². The van der Waals surface area contributed by atoms with Crippen LogP contribution < -0.4 is 5.32 Å². The molecular weight excluding hydrogens is 311 g/mol. The van der Waals surface area contributed by atoms with E-state index >= 15 is 0 Å². The number of rotatable bonds is 3. The van der Waals surface area contributed by atoms with Gasteiger partial charge in [0.1, 0.15) is 6.04 Å². The molecule has 2 amide bonds. The molecule has 0 saturated carbocycles. The molecule has 1 N–H and O–H groups in total. The average molecular weight is 329 g/mol. The van der Waals surface area contributed by atoms with Crippen molar-refractivity contribution >= 4 is 11.8 Å². The molecule has 0 spiro atoms. The number of carbonyl (C=O) groups is 2. The number of alkyl halides is 3. The summed E-state index contributed by atoms with van der Waals surface area (Å²) in [6, 6.07) is 1.00. The van der Waals surface area contributed by atoms with E-state index in [-0.39, 0.29) is 31.7 Å². The Labute approximate surface area is 131 Å². The van der Waals surface area contributed by atoms with Crippen LogP contribution in [0.2, 0.25) is 0 Å². The lowest BCUT2D eigenvalue weighted by atomic mass is 9.96. The molecule has 0 radical (unpaired) electrons. The summed E-state index contributed by atoms with van der Waals surface area (Å²) in [5.41, 5.74) is 0.556. The van der Waals surface area contributed by atoms with E-state index in [9.17, 15) is 22.8 Å². The van der Waals surface area contributed by atoms with Crippen molar-refractivity contribution in [2.24, 2.45) is 0 Å². The van der Waals surface area contributed by atoms with Gasteiger partial charge in [0.15, 0.2) is 0 Å². The molecule has 1 aliphatic heterocycles. The Morgan fingerprint density at radius 2 is 2.13 bits per heavy atom. The summed E-state index contributed by atoms with van der Waals surface area (Å²) < 4.78 is 39.6. The van der Waals surface area contributed by atoms with Gasteiger partial charge in [-0.3, -0.25) is 14.6 Å². The minimum Gasteiger partial charge on any atom is -0.352 e. The monoisotopic (exact) mass is 329 g/mol. The summed E-state index contributed by atoms with van der Waals surface area (Å²) in [6.45, 7) is 1.17. The van der Waals surface area contributed by atoms with E-state index < -0.39 is 24.2 Å². The summed E-state index contributed by atoms with van der Waals surface area (Å²) in [5, 5.41) is 2.59. The van der Waals surface area contributed by atoms with Gasteiger partial charge in [0.2, 0.25) is 11.8 Å². The number of halogens is 3. The fourth-order valence-corrected chi connectivity index (χ4v) is 2.77. The van der Waals surface area contributed by atoms with Crippen molar-refractivity contribution in [2.75, 3.05) is 6.54 Å². The van der Waals surface area contributed by atoms with Gasteiger partial charge in [-0.25, -0.2) is 0 Å². The minimum absolute atomic E-state index is 0.136. The van der Waals surface area contributed by atoms with Crippen LogP contribution in [0.25, 0.3) is 0 Å². The van der Waals surface area contributed by atoms with Crippen molar-refractivity contribution in [3.63, 3.8) is 0 Å². The van der Waals surface area contributed by atoms with Crippen molar-refractivity contribution in [3.05, 3.63) is 30.1 Å². The van der Waals surface area contributed by atoms with Gasteiger partial charge in [-0.2, -0.15) is 13.2 Å². The highest BCUT2D eigenvalue weighted by Crippen LogP contribution is 2.32. The number of aromatic nitrogens is 1. The average Bonchev–Trinajstić information content (AvgIpc) is 2.46. The molecule has 1 aromatic heterocycles. The molecule has 0 aromatic carbocycles. The highest BCUT2D eigenvalue weighted by atomic mass is 19.4. The predicted octanol–water partition coefficient (Wildman–Crippen LogP) is 1.68. The largest absolute Gasteiger partial charge is 0.408 e. The molecule has 1 saturated heterocycles. The lowest BCUT2D eigenvalue weighted by molar-refractivity contribution is -0.197. The van der Waals surface area contributed by atoms with Crippen LogP contribution in [0.15, 0.2) is 24.5 Å². The molecule has 5 nitrogen and oxygen atoms in total. The maximum atomic E-state index is 13.2. The molecular formula is C15H18F3N3O2. The van der Waals surface area contributed by atoms with Crippen LogP contribution >= 0.6 is 0 Å². The second-order valence-electron chi connectivity index (χ2n) is 5.62. The first-order chi connectivity index (χ1) is 10.8. The number of amides is 2. The molecule has 0 aliphatic carbocycles. The number of hydrogen-bond donors (Lipinski definition) is 1. The summed E-state index contributed by atoms with van der Waals surface area (Å²) in [4.78, 5) is 28.1. The molecule has 23 heavy (non-hydrogen) atoms. The number of likely N-dealkylation sites (tertiary alicyclic amines) is 1. The molecule has 1 aliphatic rings. The number of nitrogens with zero attached hydrogens (tertiary/aromatic N) is 2. The molecule has 2 heterocycles. The second-order valence-corrected chi connectivity index (χ2v) is 5.62. The summed E-state index contributed by atoms with van der Waals surface area (Å²) in [7, 11) is 0. The van der Waals surface area contributed by atoms with E-state index in [4.69, 9.17) is 0 Å². The van der Waals surface area contributed by atoms with E-state index in [0.717, 1.165) is 4.90 Å². The zero-order valence-corrected chi connectivity index (χ0v) is 12.6. The number of pyridine rings is 1. The molecule has 0 unspecified atom stereocenters. The number of hydrogen-bond acceptors (Lipinski definition) is 3. The third-order valence-corrected chi connectivity index (χ3v) is 3.77. The lowest BCUT2D eigenvalue weighted by Gasteiger charge is -2.40. The third kappa shape index (κ3) is 4.67. The Hall–Kier alpha value is -2.12. The van der Waals surface area contributed by atoms with Crippen LogP contribution in [0.3, 0.4) is 0 Å². The van der Waals surface area contributed by atoms with Crippen LogP contribution in [0.1, 0.15) is 25.3 Å². The van der Waals surface area contributed by atoms with Crippen molar-refractivity contribution in [1.82, 2.24) is 15.2 Å². The topological polar surface area (TPSA) is 62.3 Å². The summed E-state index contributed by atoms with van der Waals surface area (Å²) >= 11 is 0. The number of piperidine rings is 1. The van der Waals surface area contributed by atoms with Crippen LogP contribution in [-0.2, 0) is 16.0 Å². The van der Waals surface area contributed by atoms with Gasteiger partial charge in [-0.05, 0) is 24.5 Å². The minimum atomic E-state index is -4.48. The van der Waals surface area contributed by atoms with Crippen LogP contribution in [0, 0.1) is 0 Å². The first-order valence-corrected chi connectivity index (χ1v) is 7.29. The molecule has 1 aromatic rings. The maximum Gasteiger partial charge on any atom is 0.408 e. The Bertz CT molecular complexity index is 563. The quantitative estimate of drug-likeness (QED) is 0.918. The zero-order chi connectivity index (χ0) is 17.0. The Kier molecular flexibility index (Phi) is 5.23. The highest BCUT2D eigenvalue weighted by Gasteiger charge is 2.47. The predicted molar refractivity (Wildman–Crippen MR) is 76.3 cm³/mol. The molecule has 0 bridgehead atoms. The smallest absolute Gasteiger partial charge is 0.352 e. The van der Waals surface area contributed by atoms with Crippen molar-refractivity contribution < 1.29 is 22.8 Å². The van der Waals surface area contributed by atoms with Crippen LogP contribution in [0.5, 0.6) is 0 Å². The maximum absolute atomic E-state index is 13.2. The van der Waals surface area contributed by atoms with Gasteiger partial charge in [-0.15, -0.1) is 0 Å². The Morgan fingerprint density at radius 3 is 2.70 bits per heavy atom. The van der Waals surface area contributed by atoms with Crippen LogP contribution in [-0.4, -0.2) is 46.5 Å². The van der Waals surface area contributed by atoms with Crippen molar-refractivity contribution in [2.45, 2.75) is 44.4 Å². The van der Waals surface area contributed by atoms with Gasteiger partial charge in [0.25, 0.3) is 0 Å². The number of nitrogens with one attached hydrogen (secondary N) is 1. The molecule has 2 atom stereocenters. The van der Waals surface area contributed by atoms with Gasteiger partial charge in [0.05, 0.1) is 6.42 Å². The molecule has 1 fully saturated rings. The molecule has 2 rings (SSSR count). The SMILES string of the molecule is CC(=O)N[C@@H]1CC[C@@H](C(F)(F)F)N(C(=O)Cc2cccnc2)C1. The van der Waals surface area contributed by atoms with E-state index in [1.54, 1.807) is 12.1 Å².